The van der Waals surface area contributed by atoms with Crippen molar-refractivity contribution >= 4 is 33.2 Å². The van der Waals surface area contributed by atoms with Crippen molar-refractivity contribution in [1.29, 1.82) is 0 Å². The van der Waals surface area contributed by atoms with E-state index in [4.69, 9.17) is 0 Å². The molecular weight excluding hydrogens is 280 g/mol. The highest BCUT2D eigenvalue weighted by molar-refractivity contribution is 8.00. The van der Waals surface area contributed by atoms with Crippen molar-refractivity contribution in [3.8, 4) is 0 Å². The predicted octanol–water partition coefficient (Wildman–Crippen LogP) is 2.75. The molecule has 1 aliphatic rings. The number of hydrogen-bond donors (Lipinski definition) is 2. The van der Waals surface area contributed by atoms with E-state index in [9.17, 15) is 8.42 Å². The van der Waals surface area contributed by atoms with Gasteiger partial charge in [0.2, 0.25) is 10.0 Å². The lowest BCUT2D eigenvalue weighted by molar-refractivity contribution is 0.606. The maximum Gasteiger partial charge on any atom is 0.229 e. The normalized spacial score (nSPS) is 23.9. The lowest BCUT2D eigenvalue weighted by Crippen LogP contribution is -2.33. The summed E-state index contributed by atoms with van der Waals surface area (Å²) in [7, 11) is -3.25. The fourth-order valence-corrected chi connectivity index (χ4v) is 3.93. The van der Waals surface area contributed by atoms with Crippen LogP contribution in [0.2, 0.25) is 0 Å². The van der Waals surface area contributed by atoms with Crippen molar-refractivity contribution < 1.29 is 8.42 Å². The molecule has 19 heavy (non-hydrogen) atoms. The van der Waals surface area contributed by atoms with E-state index in [1.54, 1.807) is 6.07 Å². The highest BCUT2D eigenvalue weighted by Gasteiger charge is 2.22. The Labute approximate surface area is 119 Å². The number of benzene rings is 1. The van der Waals surface area contributed by atoms with Crippen LogP contribution in [0.4, 0.5) is 11.4 Å². The van der Waals surface area contributed by atoms with E-state index >= 15 is 0 Å². The smallest absolute Gasteiger partial charge is 0.229 e. The Bertz CT molecular complexity index is 531. The predicted molar refractivity (Wildman–Crippen MR) is 83.5 cm³/mol. The summed E-state index contributed by atoms with van der Waals surface area (Å²) in [4.78, 5) is 0. The zero-order chi connectivity index (χ0) is 13.9. The second-order valence-electron chi connectivity index (χ2n) is 4.89. The van der Waals surface area contributed by atoms with Crippen molar-refractivity contribution in [2.24, 2.45) is 0 Å². The summed E-state index contributed by atoms with van der Waals surface area (Å²) >= 11 is 1.96. The van der Waals surface area contributed by atoms with Crippen LogP contribution in [0.5, 0.6) is 0 Å². The van der Waals surface area contributed by atoms with E-state index < -0.39 is 10.0 Å². The Hall–Kier alpha value is -0.880. The lowest BCUT2D eigenvalue weighted by atomic mass is 10.1. The average molecular weight is 300 g/mol. The first kappa shape index (κ1) is 14.5. The van der Waals surface area contributed by atoms with Gasteiger partial charge in [0.15, 0.2) is 0 Å². The van der Waals surface area contributed by atoms with Gasteiger partial charge in [0.05, 0.1) is 17.6 Å². The van der Waals surface area contributed by atoms with Gasteiger partial charge in [-0.2, -0.15) is 11.8 Å². The van der Waals surface area contributed by atoms with Gasteiger partial charge in [-0.05, 0) is 30.7 Å². The van der Waals surface area contributed by atoms with Gasteiger partial charge in [0.1, 0.15) is 0 Å². The summed E-state index contributed by atoms with van der Waals surface area (Å²) in [5.41, 5.74) is 1.47. The van der Waals surface area contributed by atoms with E-state index in [1.807, 2.05) is 30.0 Å². The third-order valence-electron chi connectivity index (χ3n) is 3.17. The number of thioether (sulfide) groups is 1. The van der Waals surface area contributed by atoms with Crippen LogP contribution in [0.1, 0.15) is 19.8 Å². The lowest BCUT2D eigenvalue weighted by Gasteiger charge is -2.30. The van der Waals surface area contributed by atoms with E-state index in [1.165, 1.54) is 18.4 Å². The Balaban J connectivity index is 2.15. The molecule has 2 atom stereocenters. The van der Waals surface area contributed by atoms with E-state index in [-0.39, 0.29) is 0 Å². The summed E-state index contributed by atoms with van der Waals surface area (Å²) in [6.07, 6.45) is 3.50. The number of para-hydroxylation sites is 2. The Morgan fingerprint density at radius 3 is 2.58 bits per heavy atom. The van der Waals surface area contributed by atoms with Crippen LogP contribution in [0.15, 0.2) is 24.3 Å². The molecular formula is C13H20N2O2S2. The molecule has 2 unspecified atom stereocenters. The molecule has 0 spiro atoms. The minimum atomic E-state index is -3.25. The molecule has 0 bridgehead atoms. The second kappa shape index (κ2) is 6.05. The number of hydrogen-bond acceptors (Lipinski definition) is 4. The van der Waals surface area contributed by atoms with E-state index in [0.717, 1.165) is 12.1 Å². The van der Waals surface area contributed by atoms with E-state index in [2.05, 4.69) is 17.0 Å². The summed E-state index contributed by atoms with van der Waals surface area (Å²) in [6.45, 7) is 2.22. The summed E-state index contributed by atoms with van der Waals surface area (Å²) in [5, 5.41) is 4.02. The molecule has 0 saturated carbocycles. The van der Waals surface area contributed by atoms with Crippen LogP contribution < -0.4 is 10.0 Å². The van der Waals surface area contributed by atoms with Gasteiger partial charge < -0.3 is 5.32 Å². The number of rotatable bonds is 4. The van der Waals surface area contributed by atoms with Gasteiger partial charge in [0, 0.05) is 11.3 Å². The molecule has 4 nitrogen and oxygen atoms in total. The first-order chi connectivity index (χ1) is 8.96. The largest absolute Gasteiger partial charge is 0.380 e. The quantitative estimate of drug-likeness (QED) is 0.897. The molecule has 2 N–H and O–H groups in total. The summed E-state index contributed by atoms with van der Waals surface area (Å²) < 4.78 is 25.3. The molecule has 0 aromatic heterocycles. The van der Waals surface area contributed by atoms with Crippen molar-refractivity contribution in [2.75, 3.05) is 22.0 Å². The molecule has 0 amide bonds. The number of anilines is 2. The van der Waals surface area contributed by atoms with Crippen molar-refractivity contribution in [3.63, 3.8) is 0 Å². The highest BCUT2D eigenvalue weighted by Crippen LogP contribution is 2.30. The molecule has 1 fully saturated rings. The van der Waals surface area contributed by atoms with Crippen LogP contribution in [0.3, 0.4) is 0 Å². The van der Waals surface area contributed by atoms with Gasteiger partial charge in [0.25, 0.3) is 0 Å². The SMILES string of the molecule is CC1SCCCC1Nc1ccccc1NS(C)(=O)=O. The molecule has 1 saturated heterocycles. The molecule has 106 valence electrons. The molecule has 1 aliphatic heterocycles. The third kappa shape index (κ3) is 4.31. The third-order valence-corrected chi connectivity index (χ3v) is 5.14. The minimum absolute atomic E-state index is 0.390. The van der Waals surface area contributed by atoms with Crippen molar-refractivity contribution in [3.05, 3.63) is 24.3 Å². The molecule has 1 aromatic rings. The van der Waals surface area contributed by atoms with Crippen LogP contribution in [0.25, 0.3) is 0 Å². The number of sulfonamides is 1. The van der Waals surface area contributed by atoms with Gasteiger partial charge >= 0.3 is 0 Å². The molecule has 1 heterocycles. The van der Waals surface area contributed by atoms with Gasteiger partial charge in [-0.1, -0.05) is 19.1 Å². The van der Waals surface area contributed by atoms with Gasteiger partial charge in [-0.25, -0.2) is 8.42 Å². The first-order valence-corrected chi connectivity index (χ1v) is 9.35. The molecule has 0 aliphatic carbocycles. The monoisotopic (exact) mass is 300 g/mol. The van der Waals surface area contributed by atoms with Crippen molar-refractivity contribution in [1.82, 2.24) is 0 Å². The Kier molecular flexibility index (Phi) is 4.62. The van der Waals surface area contributed by atoms with Crippen molar-refractivity contribution in [2.45, 2.75) is 31.1 Å². The summed E-state index contributed by atoms with van der Waals surface area (Å²) in [6, 6.07) is 7.83. The Morgan fingerprint density at radius 2 is 1.95 bits per heavy atom. The molecule has 0 radical (unpaired) electrons. The van der Waals surface area contributed by atoms with Crippen LogP contribution in [-0.4, -0.2) is 31.7 Å². The first-order valence-electron chi connectivity index (χ1n) is 6.41. The maximum absolute atomic E-state index is 11.4. The van der Waals surface area contributed by atoms with Crippen LogP contribution in [-0.2, 0) is 10.0 Å². The van der Waals surface area contributed by atoms with Gasteiger partial charge in [-0.3, -0.25) is 4.72 Å². The van der Waals surface area contributed by atoms with Crippen LogP contribution in [0, 0.1) is 0 Å². The number of nitrogens with one attached hydrogen (secondary N) is 2. The zero-order valence-electron chi connectivity index (χ0n) is 11.2. The molecule has 2 rings (SSSR count). The molecule has 1 aromatic carbocycles. The average Bonchev–Trinajstić information content (AvgIpc) is 2.33. The summed E-state index contributed by atoms with van der Waals surface area (Å²) in [5.74, 6) is 1.21. The standard InChI is InChI=1S/C13H20N2O2S2/c1-10-11(8-5-9-18-10)14-12-6-3-4-7-13(12)15-19(2,16)17/h3-4,6-7,10-11,14-15H,5,8-9H2,1-2H3. The fraction of sp³-hybridized carbons (Fsp3) is 0.538. The highest BCUT2D eigenvalue weighted by atomic mass is 32.2. The topological polar surface area (TPSA) is 58.2 Å². The Morgan fingerprint density at radius 1 is 1.26 bits per heavy atom. The fourth-order valence-electron chi connectivity index (χ4n) is 2.21. The maximum atomic E-state index is 11.4. The minimum Gasteiger partial charge on any atom is -0.380 e. The molecule has 6 heteroatoms. The second-order valence-corrected chi connectivity index (χ2v) is 8.12. The van der Waals surface area contributed by atoms with Gasteiger partial charge in [-0.15, -0.1) is 0 Å². The zero-order valence-corrected chi connectivity index (χ0v) is 12.9. The van der Waals surface area contributed by atoms with E-state index in [0.29, 0.717) is 17.0 Å². The van der Waals surface area contributed by atoms with Crippen LogP contribution >= 0.6 is 11.8 Å².